The van der Waals surface area contributed by atoms with Crippen LogP contribution in [0.5, 0.6) is 0 Å². The predicted molar refractivity (Wildman–Crippen MR) is 141 cm³/mol. The Bertz CT molecular complexity index is 1530. The van der Waals surface area contributed by atoms with E-state index in [0.29, 0.717) is 18.0 Å². The third-order valence-electron chi connectivity index (χ3n) is 5.87. The van der Waals surface area contributed by atoms with E-state index in [1.54, 1.807) is 15.6 Å². The molecule has 1 N–H and O–H groups in total. The van der Waals surface area contributed by atoms with Gasteiger partial charge in [-0.3, -0.25) is 9.48 Å². The van der Waals surface area contributed by atoms with Crippen LogP contribution in [0.15, 0.2) is 71.5 Å². The quantitative estimate of drug-likeness (QED) is 0.308. The average molecular weight is 529 g/mol. The maximum absolute atomic E-state index is 12.9. The number of fused-ring (bicyclic) bond motifs is 1. The molecule has 7 nitrogen and oxygen atoms in total. The van der Waals surface area contributed by atoms with Crippen LogP contribution in [0, 0.1) is 20.8 Å². The fourth-order valence-corrected chi connectivity index (χ4v) is 4.61. The first-order valence-corrected chi connectivity index (χ1v) is 12.1. The second-order valence-corrected chi connectivity index (χ2v) is 9.58. The SMILES string of the molecule is Cc1ccc(Cn2cc(Br)c(NC(=O)Cn3nc(C)c4c(-c5cccc(C)c5)ccnc43)n2)cc1. The molecule has 35 heavy (non-hydrogen) atoms. The van der Waals surface area contributed by atoms with Crippen LogP contribution in [0.3, 0.4) is 0 Å². The number of carbonyl (C=O) groups is 1. The fourth-order valence-electron chi connectivity index (χ4n) is 4.20. The molecule has 0 spiro atoms. The van der Waals surface area contributed by atoms with E-state index < -0.39 is 0 Å². The Balaban J connectivity index is 1.36. The van der Waals surface area contributed by atoms with Crippen LogP contribution in [0.2, 0.25) is 0 Å². The van der Waals surface area contributed by atoms with E-state index in [1.807, 2.05) is 25.3 Å². The molecule has 3 aromatic heterocycles. The largest absolute Gasteiger partial charge is 0.307 e. The first-order chi connectivity index (χ1) is 16.9. The van der Waals surface area contributed by atoms with Gasteiger partial charge in [-0.1, -0.05) is 59.7 Å². The lowest BCUT2D eigenvalue weighted by molar-refractivity contribution is -0.116. The molecular formula is C27H25BrN6O. The van der Waals surface area contributed by atoms with Crippen molar-refractivity contribution in [2.75, 3.05) is 5.32 Å². The lowest BCUT2D eigenvalue weighted by Crippen LogP contribution is -2.20. The van der Waals surface area contributed by atoms with Crippen LogP contribution in [-0.2, 0) is 17.9 Å². The Hall–Kier alpha value is -3.78. The summed E-state index contributed by atoms with van der Waals surface area (Å²) in [5.74, 6) is 0.252. The van der Waals surface area contributed by atoms with Crippen molar-refractivity contribution in [2.24, 2.45) is 0 Å². The third-order valence-corrected chi connectivity index (χ3v) is 6.45. The highest BCUT2D eigenvalue weighted by atomic mass is 79.9. The van der Waals surface area contributed by atoms with Gasteiger partial charge in [0.1, 0.15) is 6.54 Å². The molecule has 5 aromatic rings. The number of nitrogens with zero attached hydrogens (tertiary/aromatic N) is 5. The minimum atomic E-state index is -0.224. The molecule has 0 bridgehead atoms. The summed E-state index contributed by atoms with van der Waals surface area (Å²) in [5.41, 5.74) is 7.21. The Morgan fingerprint density at radius 3 is 2.57 bits per heavy atom. The average Bonchev–Trinajstić information content (AvgIpc) is 3.33. The maximum Gasteiger partial charge on any atom is 0.247 e. The maximum atomic E-state index is 12.9. The van der Waals surface area contributed by atoms with Crippen molar-refractivity contribution in [1.82, 2.24) is 24.5 Å². The number of benzene rings is 2. The van der Waals surface area contributed by atoms with Crippen LogP contribution in [0.1, 0.15) is 22.4 Å². The minimum absolute atomic E-state index is 0.0336. The Morgan fingerprint density at radius 1 is 1.00 bits per heavy atom. The molecule has 5 rings (SSSR count). The van der Waals surface area contributed by atoms with Gasteiger partial charge in [-0.25, -0.2) is 9.67 Å². The summed E-state index contributed by atoms with van der Waals surface area (Å²) in [6, 6.07) is 18.6. The van der Waals surface area contributed by atoms with Crippen molar-refractivity contribution in [2.45, 2.75) is 33.9 Å². The van der Waals surface area contributed by atoms with Crippen LogP contribution >= 0.6 is 15.9 Å². The van der Waals surface area contributed by atoms with E-state index in [9.17, 15) is 4.79 Å². The normalized spacial score (nSPS) is 11.2. The van der Waals surface area contributed by atoms with Crippen molar-refractivity contribution < 1.29 is 4.79 Å². The number of aryl methyl sites for hydroxylation is 3. The van der Waals surface area contributed by atoms with E-state index in [0.717, 1.165) is 32.2 Å². The molecule has 0 saturated carbocycles. The van der Waals surface area contributed by atoms with Gasteiger partial charge >= 0.3 is 0 Å². The molecule has 176 valence electrons. The summed E-state index contributed by atoms with van der Waals surface area (Å²) in [7, 11) is 0. The Labute approximate surface area is 211 Å². The second kappa shape index (κ2) is 9.46. The van der Waals surface area contributed by atoms with Crippen LogP contribution in [-0.4, -0.2) is 30.5 Å². The fraction of sp³-hybridized carbons (Fsp3) is 0.185. The Kier molecular flexibility index (Phi) is 6.21. The molecule has 2 aromatic carbocycles. The van der Waals surface area contributed by atoms with Gasteiger partial charge in [0.15, 0.2) is 11.5 Å². The molecule has 3 heterocycles. The van der Waals surface area contributed by atoms with Crippen molar-refractivity contribution in [3.05, 3.63) is 93.8 Å². The van der Waals surface area contributed by atoms with Crippen molar-refractivity contribution >= 4 is 38.7 Å². The number of hydrogen-bond donors (Lipinski definition) is 1. The number of pyridine rings is 1. The molecule has 0 aliphatic heterocycles. The lowest BCUT2D eigenvalue weighted by Gasteiger charge is -2.07. The summed E-state index contributed by atoms with van der Waals surface area (Å²) in [5, 5.41) is 13.0. The third kappa shape index (κ3) is 4.88. The smallest absolute Gasteiger partial charge is 0.247 e. The molecule has 0 saturated heterocycles. The van der Waals surface area contributed by atoms with Gasteiger partial charge in [-0.15, -0.1) is 0 Å². The van der Waals surface area contributed by atoms with Crippen LogP contribution in [0.25, 0.3) is 22.2 Å². The number of anilines is 1. The highest BCUT2D eigenvalue weighted by molar-refractivity contribution is 9.10. The Morgan fingerprint density at radius 2 is 1.80 bits per heavy atom. The van der Waals surface area contributed by atoms with Crippen molar-refractivity contribution in [1.29, 1.82) is 0 Å². The first kappa shape index (κ1) is 23.0. The second-order valence-electron chi connectivity index (χ2n) is 8.73. The van der Waals surface area contributed by atoms with Crippen molar-refractivity contribution in [3.8, 4) is 11.1 Å². The monoisotopic (exact) mass is 528 g/mol. The van der Waals surface area contributed by atoms with Crippen LogP contribution in [0.4, 0.5) is 5.82 Å². The van der Waals surface area contributed by atoms with Gasteiger partial charge in [0, 0.05) is 17.8 Å². The summed E-state index contributed by atoms with van der Waals surface area (Å²) < 4.78 is 4.17. The van der Waals surface area contributed by atoms with Gasteiger partial charge in [-0.05, 0) is 59.5 Å². The molecule has 0 radical (unpaired) electrons. The predicted octanol–water partition coefficient (Wildman–Crippen LogP) is 5.67. The van der Waals surface area contributed by atoms with Crippen molar-refractivity contribution in [3.63, 3.8) is 0 Å². The number of rotatable bonds is 6. The zero-order valence-electron chi connectivity index (χ0n) is 19.8. The number of amides is 1. The molecule has 0 unspecified atom stereocenters. The molecule has 8 heteroatoms. The van der Waals surface area contributed by atoms with E-state index in [1.165, 1.54) is 11.1 Å². The van der Waals surface area contributed by atoms with Gasteiger partial charge < -0.3 is 5.32 Å². The minimum Gasteiger partial charge on any atom is -0.307 e. The van der Waals surface area contributed by atoms with Crippen LogP contribution < -0.4 is 5.32 Å². The first-order valence-electron chi connectivity index (χ1n) is 11.3. The number of aromatic nitrogens is 5. The standard InChI is InChI=1S/C27H25BrN6O/c1-17-7-9-20(10-8-17)14-33-15-23(28)26(32-33)30-24(35)16-34-27-25(19(3)31-34)22(11-12-29-27)21-6-4-5-18(2)13-21/h4-13,15H,14,16H2,1-3H3,(H,30,32,35). The summed E-state index contributed by atoms with van der Waals surface area (Å²) >= 11 is 3.51. The zero-order chi connectivity index (χ0) is 24.5. The number of carbonyl (C=O) groups excluding carboxylic acids is 1. The highest BCUT2D eigenvalue weighted by Crippen LogP contribution is 2.30. The summed E-state index contributed by atoms with van der Waals surface area (Å²) in [6.45, 7) is 6.73. The molecule has 0 atom stereocenters. The molecule has 1 amide bonds. The van der Waals surface area contributed by atoms with Gasteiger partial charge in [-0.2, -0.15) is 10.2 Å². The lowest BCUT2D eigenvalue weighted by atomic mass is 10.0. The molecule has 0 aliphatic rings. The van der Waals surface area contributed by atoms with E-state index in [4.69, 9.17) is 0 Å². The summed E-state index contributed by atoms with van der Waals surface area (Å²) in [6.07, 6.45) is 3.62. The number of hydrogen-bond acceptors (Lipinski definition) is 4. The highest BCUT2D eigenvalue weighted by Gasteiger charge is 2.17. The van der Waals surface area contributed by atoms with Gasteiger partial charge in [0.2, 0.25) is 5.91 Å². The molecular weight excluding hydrogens is 504 g/mol. The number of nitrogens with one attached hydrogen (secondary N) is 1. The molecule has 0 fully saturated rings. The number of halogens is 1. The van der Waals surface area contributed by atoms with E-state index >= 15 is 0 Å². The zero-order valence-corrected chi connectivity index (χ0v) is 21.4. The van der Waals surface area contributed by atoms with Gasteiger partial charge in [0.25, 0.3) is 0 Å². The van der Waals surface area contributed by atoms with E-state index in [-0.39, 0.29) is 12.5 Å². The topological polar surface area (TPSA) is 77.6 Å². The summed E-state index contributed by atoms with van der Waals surface area (Å²) in [4.78, 5) is 17.5. The van der Waals surface area contributed by atoms with Gasteiger partial charge in [0.05, 0.1) is 16.7 Å². The van der Waals surface area contributed by atoms with E-state index in [2.05, 4.69) is 92.7 Å². The molecule has 0 aliphatic carbocycles.